The van der Waals surface area contributed by atoms with Gasteiger partial charge in [0.1, 0.15) is 23.5 Å². The molecule has 1 N–H and O–H groups in total. The zero-order chi connectivity index (χ0) is 22.9. The van der Waals surface area contributed by atoms with Crippen LogP contribution in [0.1, 0.15) is 36.6 Å². The van der Waals surface area contributed by atoms with Crippen molar-refractivity contribution >= 4 is 21.9 Å². The monoisotopic (exact) mass is 450 g/mol. The number of nitrogens with zero attached hydrogens (tertiary/aromatic N) is 1. The maximum Gasteiger partial charge on any atom is 0.303 e. The second kappa shape index (κ2) is 8.31. The second-order valence-electron chi connectivity index (χ2n) is 6.76. The van der Waals surface area contributed by atoms with Gasteiger partial charge in [-0.15, -0.1) is 0 Å². The van der Waals surface area contributed by atoms with E-state index in [0.29, 0.717) is 0 Å². The number of rotatable bonds is 5. The number of ether oxygens (including phenoxy) is 2. The standard InChI is InChI=1S/C20H16F2N2O6S/c1-10(25)24-31(27,28)18-4-3-17(30-14-6-12(9-23)5-13(21)7-14)15-8-16(22)20(19(15)18)29-11(2)26/h3-7,16,20H,8H2,1-2H3,(H,24,25). The van der Waals surface area contributed by atoms with Gasteiger partial charge in [0.15, 0.2) is 6.10 Å². The molecule has 0 spiro atoms. The molecule has 2 aromatic carbocycles. The van der Waals surface area contributed by atoms with E-state index >= 15 is 0 Å². The lowest BCUT2D eigenvalue weighted by Gasteiger charge is -2.19. The molecular formula is C20H16F2N2O6S. The third-order valence-electron chi connectivity index (χ3n) is 4.37. The first-order chi connectivity index (χ1) is 14.5. The Hall–Kier alpha value is -3.52. The third kappa shape index (κ3) is 4.64. The Balaban J connectivity index is 2.16. The lowest BCUT2D eigenvalue weighted by atomic mass is 10.1. The highest BCUT2D eigenvalue weighted by molar-refractivity contribution is 7.90. The number of benzene rings is 2. The lowest BCUT2D eigenvalue weighted by Crippen LogP contribution is -2.29. The number of hydrogen-bond donors (Lipinski definition) is 1. The predicted molar refractivity (Wildman–Crippen MR) is 102 cm³/mol. The fourth-order valence-corrected chi connectivity index (χ4v) is 4.59. The molecule has 0 aromatic heterocycles. The van der Waals surface area contributed by atoms with Crippen LogP contribution in [0, 0.1) is 17.1 Å². The summed E-state index contributed by atoms with van der Waals surface area (Å²) < 4.78 is 66.1. The zero-order valence-electron chi connectivity index (χ0n) is 16.3. The van der Waals surface area contributed by atoms with Crippen LogP contribution in [0.3, 0.4) is 0 Å². The van der Waals surface area contributed by atoms with E-state index in [0.717, 1.165) is 32.0 Å². The Bertz CT molecular complexity index is 1220. The Morgan fingerprint density at radius 2 is 1.94 bits per heavy atom. The van der Waals surface area contributed by atoms with E-state index in [1.54, 1.807) is 10.8 Å². The summed E-state index contributed by atoms with van der Waals surface area (Å²) in [7, 11) is -4.40. The van der Waals surface area contributed by atoms with E-state index in [1.807, 2.05) is 0 Å². The quantitative estimate of drug-likeness (QED) is 0.695. The first-order valence-electron chi connectivity index (χ1n) is 8.91. The van der Waals surface area contributed by atoms with Crippen molar-refractivity contribution in [2.24, 2.45) is 0 Å². The molecule has 0 saturated carbocycles. The van der Waals surface area contributed by atoms with Crippen molar-refractivity contribution < 1.29 is 36.3 Å². The Labute approximate surface area is 176 Å². The number of hydrogen-bond acceptors (Lipinski definition) is 7. The van der Waals surface area contributed by atoms with Gasteiger partial charge in [-0.1, -0.05) is 0 Å². The normalized spacial score (nSPS) is 17.4. The van der Waals surface area contributed by atoms with Crippen molar-refractivity contribution in [3.63, 3.8) is 0 Å². The molecule has 1 aliphatic carbocycles. The number of halogens is 2. The van der Waals surface area contributed by atoms with E-state index in [4.69, 9.17) is 14.7 Å². The van der Waals surface area contributed by atoms with Crippen LogP contribution in [0.5, 0.6) is 11.5 Å². The van der Waals surface area contributed by atoms with Gasteiger partial charge >= 0.3 is 5.97 Å². The van der Waals surface area contributed by atoms with Crippen molar-refractivity contribution in [1.82, 2.24) is 4.72 Å². The minimum atomic E-state index is -4.40. The van der Waals surface area contributed by atoms with E-state index in [2.05, 4.69) is 0 Å². The number of amides is 1. The molecule has 0 aliphatic heterocycles. The molecule has 0 radical (unpaired) electrons. The number of carbonyl (C=O) groups excluding carboxylic acids is 2. The molecule has 31 heavy (non-hydrogen) atoms. The Morgan fingerprint density at radius 1 is 1.23 bits per heavy atom. The molecule has 0 saturated heterocycles. The maximum absolute atomic E-state index is 14.8. The summed E-state index contributed by atoms with van der Waals surface area (Å²) in [5.41, 5.74) is -0.114. The van der Waals surface area contributed by atoms with E-state index < -0.39 is 44.9 Å². The van der Waals surface area contributed by atoms with Gasteiger partial charge in [-0.3, -0.25) is 9.59 Å². The van der Waals surface area contributed by atoms with Crippen LogP contribution in [-0.4, -0.2) is 26.5 Å². The minimum Gasteiger partial charge on any atom is -0.457 e. The van der Waals surface area contributed by atoms with Gasteiger partial charge in [0.2, 0.25) is 5.91 Å². The summed E-state index contributed by atoms with van der Waals surface area (Å²) in [6.45, 7) is 2.04. The summed E-state index contributed by atoms with van der Waals surface area (Å²) in [5.74, 6) is -2.52. The number of nitrogens with one attached hydrogen (secondary N) is 1. The van der Waals surface area contributed by atoms with Crippen molar-refractivity contribution in [1.29, 1.82) is 5.26 Å². The van der Waals surface area contributed by atoms with E-state index in [1.165, 1.54) is 12.1 Å². The SMILES string of the molecule is CC(=O)NS(=O)(=O)c1ccc(Oc2cc(F)cc(C#N)c2)c2c1C(OC(C)=O)C(F)C2. The highest BCUT2D eigenvalue weighted by Gasteiger charge is 2.42. The number of carbonyl (C=O) groups is 2. The molecule has 2 aromatic rings. The molecule has 11 heteroatoms. The van der Waals surface area contributed by atoms with Gasteiger partial charge in [-0.05, 0) is 24.3 Å². The first kappa shape index (κ1) is 22.2. The number of fused-ring (bicyclic) bond motifs is 1. The summed E-state index contributed by atoms with van der Waals surface area (Å²) >= 11 is 0. The van der Waals surface area contributed by atoms with Crippen LogP contribution >= 0.6 is 0 Å². The van der Waals surface area contributed by atoms with Crippen LogP contribution < -0.4 is 9.46 Å². The average molecular weight is 450 g/mol. The molecule has 2 unspecified atom stereocenters. The van der Waals surface area contributed by atoms with Crippen molar-refractivity contribution in [2.45, 2.75) is 37.4 Å². The van der Waals surface area contributed by atoms with Crippen LogP contribution in [-0.2, 0) is 30.8 Å². The largest absolute Gasteiger partial charge is 0.457 e. The maximum atomic E-state index is 14.8. The fraction of sp³-hybridized carbons (Fsp3) is 0.250. The third-order valence-corrected chi connectivity index (χ3v) is 5.87. The number of sulfonamides is 1. The molecular weight excluding hydrogens is 434 g/mol. The Morgan fingerprint density at radius 3 is 2.55 bits per heavy atom. The molecule has 162 valence electrons. The van der Waals surface area contributed by atoms with Gasteiger partial charge < -0.3 is 9.47 Å². The van der Waals surface area contributed by atoms with Crippen LogP contribution in [0.15, 0.2) is 35.2 Å². The number of alkyl halides is 1. The van der Waals surface area contributed by atoms with Crippen LogP contribution in [0.4, 0.5) is 8.78 Å². The van der Waals surface area contributed by atoms with Gasteiger partial charge in [0, 0.05) is 37.5 Å². The number of esters is 1. The number of nitriles is 1. The fourth-order valence-electron chi connectivity index (χ4n) is 3.33. The molecule has 0 fully saturated rings. The van der Waals surface area contributed by atoms with E-state index in [9.17, 15) is 26.8 Å². The topological polar surface area (TPSA) is 123 Å². The summed E-state index contributed by atoms with van der Waals surface area (Å²) in [5, 5.41) is 8.99. The van der Waals surface area contributed by atoms with Crippen molar-refractivity contribution in [3.05, 3.63) is 52.8 Å². The molecule has 3 rings (SSSR count). The molecule has 1 amide bonds. The molecule has 8 nitrogen and oxygen atoms in total. The summed E-state index contributed by atoms with van der Waals surface area (Å²) in [4.78, 5) is 22.3. The van der Waals surface area contributed by atoms with Gasteiger partial charge in [-0.25, -0.2) is 21.9 Å². The highest BCUT2D eigenvalue weighted by Crippen LogP contribution is 2.45. The van der Waals surface area contributed by atoms with Crippen molar-refractivity contribution in [3.8, 4) is 17.6 Å². The molecule has 0 bridgehead atoms. The second-order valence-corrected chi connectivity index (χ2v) is 8.41. The molecule has 0 heterocycles. The smallest absolute Gasteiger partial charge is 0.303 e. The lowest BCUT2D eigenvalue weighted by molar-refractivity contribution is -0.149. The highest BCUT2D eigenvalue weighted by atomic mass is 32.2. The predicted octanol–water partition coefficient (Wildman–Crippen LogP) is 2.81. The van der Waals surface area contributed by atoms with Crippen LogP contribution in [0.25, 0.3) is 0 Å². The first-order valence-corrected chi connectivity index (χ1v) is 10.4. The molecule has 2 atom stereocenters. The van der Waals surface area contributed by atoms with Gasteiger partial charge in [0.05, 0.1) is 16.5 Å². The van der Waals surface area contributed by atoms with Crippen molar-refractivity contribution in [2.75, 3.05) is 0 Å². The van der Waals surface area contributed by atoms with Gasteiger partial charge in [-0.2, -0.15) is 5.26 Å². The van der Waals surface area contributed by atoms with E-state index in [-0.39, 0.29) is 34.6 Å². The van der Waals surface area contributed by atoms with Crippen LogP contribution in [0.2, 0.25) is 0 Å². The average Bonchev–Trinajstić information content (AvgIpc) is 2.96. The summed E-state index contributed by atoms with van der Waals surface area (Å²) in [6.07, 6.45) is -3.68. The van der Waals surface area contributed by atoms with Gasteiger partial charge in [0.25, 0.3) is 10.0 Å². The minimum absolute atomic E-state index is 0.0106. The molecule has 1 aliphatic rings. The summed E-state index contributed by atoms with van der Waals surface area (Å²) in [6, 6.07) is 7.30. The zero-order valence-corrected chi connectivity index (χ0v) is 17.1. The Kier molecular flexibility index (Phi) is 5.94.